The van der Waals surface area contributed by atoms with Gasteiger partial charge in [-0.3, -0.25) is 9.59 Å². The third-order valence-electron chi connectivity index (χ3n) is 4.30. The molecule has 110 valence electrons. The number of hydrogen-bond donors (Lipinski definition) is 1. The lowest BCUT2D eigenvalue weighted by Crippen LogP contribution is -2.47. The summed E-state index contributed by atoms with van der Waals surface area (Å²) in [4.78, 5) is 25.6. The molecule has 0 radical (unpaired) electrons. The van der Waals surface area contributed by atoms with E-state index in [0.29, 0.717) is 13.0 Å². The summed E-state index contributed by atoms with van der Waals surface area (Å²) in [6, 6.07) is 9.80. The van der Waals surface area contributed by atoms with Crippen LogP contribution in [0.25, 0.3) is 10.9 Å². The minimum Gasteiger partial charge on any atom is -0.369 e. The highest BCUT2D eigenvalue weighted by Crippen LogP contribution is 2.26. The molecule has 1 saturated heterocycles. The largest absolute Gasteiger partial charge is 0.369 e. The summed E-state index contributed by atoms with van der Waals surface area (Å²) in [5.41, 5.74) is 1.83. The molecule has 1 N–H and O–H groups in total. The van der Waals surface area contributed by atoms with Crippen LogP contribution in [-0.2, 0) is 11.8 Å². The Labute approximate surface area is 123 Å². The zero-order valence-corrected chi connectivity index (χ0v) is 12.3. The Morgan fingerprint density at radius 2 is 2.05 bits per heavy atom. The molecular formula is C16H19N3O2. The number of nitrogens with one attached hydrogen (secondary N) is 1. The number of likely N-dealkylation sites (N-methyl/N-ethyl adjacent to an activating group) is 1. The zero-order chi connectivity index (χ0) is 15.0. The SMILES string of the molecule is CN(c1cc(=O)n(C)c2ccccc12)C1CCC(=O)NC1. The molecule has 0 saturated carbocycles. The smallest absolute Gasteiger partial charge is 0.252 e. The van der Waals surface area contributed by atoms with Crippen molar-refractivity contribution < 1.29 is 4.79 Å². The molecule has 1 unspecified atom stereocenters. The number of benzene rings is 1. The number of para-hydroxylation sites is 1. The lowest BCUT2D eigenvalue weighted by Gasteiger charge is -2.33. The minimum atomic E-state index is -0.0182. The average molecular weight is 285 g/mol. The molecule has 0 aliphatic carbocycles. The number of nitrogens with zero attached hydrogens (tertiary/aromatic N) is 2. The summed E-state index contributed by atoms with van der Waals surface area (Å²) in [6.07, 6.45) is 1.35. The van der Waals surface area contributed by atoms with Crippen LogP contribution >= 0.6 is 0 Å². The molecule has 0 bridgehead atoms. The van der Waals surface area contributed by atoms with Gasteiger partial charge >= 0.3 is 0 Å². The third-order valence-corrected chi connectivity index (χ3v) is 4.30. The number of amides is 1. The van der Waals surface area contributed by atoms with E-state index in [1.54, 1.807) is 17.7 Å². The summed E-state index contributed by atoms with van der Waals surface area (Å²) in [5.74, 6) is 0.105. The van der Waals surface area contributed by atoms with Crippen molar-refractivity contribution in [3.05, 3.63) is 40.7 Å². The Hall–Kier alpha value is -2.30. The number of piperidine rings is 1. The monoisotopic (exact) mass is 285 g/mol. The first-order valence-corrected chi connectivity index (χ1v) is 7.16. The van der Waals surface area contributed by atoms with Crippen LogP contribution in [0.2, 0.25) is 0 Å². The number of carbonyl (C=O) groups excluding carboxylic acids is 1. The number of carbonyl (C=O) groups is 1. The van der Waals surface area contributed by atoms with Gasteiger partial charge in [-0.2, -0.15) is 0 Å². The Bertz CT molecular complexity index is 741. The number of aryl methyl sites for hydroxylation is 1. The van der Waals surface area contributed by atoms with Crippen molar-refractivity contribution in [3.63, 3.8) is 0 Å². The Balaban J connectivity index is 2.06. The van der Waals surface area contributed by atoms with E-state index >= 15 is 0 Å². The molecule has 5 nitrogen and oxygen atoms in total. The molecule has 1 amide bonds. The number of rotatable bonds is 2. The molecule has 2 heterocycles. The van der Waals surface area contributed by atoms with Gasteiger partial charge in [-0.05, 0) is 12.5 Å². The van der Waals surface area contributed by atoms with Crippen LogP contribution in [0, 0.1) is 0 Å². The van der Waals surface area contributed by atoms with Crippen molar-refractivity contribution in [3.8, 4) is 0 Å². The number of hydrogen-bond acceptors (Lipinski definition) is 3. The second-order valence-electron chi connectivity index (χ2n) is 5.55. The van der Waals surface area contributed by atoms with Crippen molar-refractivity contribution in [1.29, 1.82) is 0 Å². The maximum Gasteiger partial charge on any atom is 0.252 e. The van der Waals surface area contributed by atoms with E-state index in [1.165, 1.54) is 0 Å². The van der Waals surface area contributed by atoms with Gasteiger partial charge < -0.3 is 14.8 Å². The first-order valence-electron chi connectivity index (χ1n) is 7.16. The van der Waals surface area contributed by atoms with Gasteiger partial charge in [-0.25, -0.2) is 0 Å². The van der Waals surface area contributed by atoms with Crippen LogP contribution in [0.4, 0.5) is 5.69 Å². The number of pyridine rings is 1. The van der Waals surface area contributed by atoms with E-state index < -0.39 is 0 Å². The van der Waals surface area contributed by atoms with Crippen molar-refractivity contribution in [2.24, 2.45) is 7.05 Å². The van der Waals surface area contributed by atoms with Crippen LogP contribution in [0.15, 0.2) is 35.1 Å². The van der Waals surface area contributed by atoms with Crippen LogP contribution in [-0.4, -0.2) is 30.1 Å². The molecule has 3 rings (SSSR count). The van der Waals surface area contributed by atoms with E-state index in [2.05, 4.69) is 10.2 Å². The summed E-state index contributed by atoms with van der Waals surface area (Å²) in [6.45, 7) is 0.624. The van der Waals surface area contributed by atoms with Gasteiger partial charge in [0.1, 0.15) is 0 Å². The first-order chi connectivity index (χ1) is 10.1. The average Bonchev–Trinajstić information content (AvgIpc) is 2.51. The fraction of sp³-hybridized carbons (Fsp3) is 0.375. The molecule has 21 heavy (non-hydrogen) atoms. The maximum atomic E-state index is 12.2. The predicted octanol–water partition coefficient (Wildman–Crippen LogP) is 1.25. The minimum absolute atomic E-state index is 0.0182. The molecular weight excluding hydrogens is 266 g/mol. The molecule has 1 aromatic carbocycles. The molecule has 2 aromatic rings. The third kappa shape index (κ3) is 2.39. The van der Waals surface area contributed by atoms with Gasteiger partial charge in [0.15, 0.2) is 0 Å². The van der Waals surface area contributed by atoms with E-state index in [4.69, 9.17) is 0 Å². The maximum absolute atomic E-state index is 12.2. The van der Waals surface area contributed by atoms with Crippen molar-refractivity contribution in [1.82, 2.24) is 9.88 Å². The van der Waals surface area contributed by atoms with Crippen LogP contribution in [0.5, 0.6) is 0 Å². The number of fused-ring (bicyclic) bond motifs is 1. The fourth-order valence-corrected chi connectivity index (χ4v) is 2.93. The molecule has 0 spiro atoms. The molecule has 1 aliphatic rings. The molecule has 1 aromatic heterocycles. The Morgan fingerprint density at radius 1 is 1.29 bits per heavy atom. The molecule has 5 heteroatoms. The van der Waals surface area contributed by atoms with Gasteiger partial charge in [0.2, 0.25) is 5.91 Å². The van der Waals surface area contributed by atoms with Gasteiger partial charge in [-0.15, -0.1) is 0 Å². The quantitative estimate of drug-likeness (QED) is 0.903. The van der Waals surface area contributed by atoms with E-state index in [1.807, 2.05) is 31.3 Å². The molecule has 1 atom stereocenters. The standard InChI is InChI=1S/C16H19N3O2/c1-18(11-7-8-15(20)17-10-11)14-9-16(21)19(2)13-6-4-3-5-12(13)14/h3-6,9,11H,7-8,10H2,1-2H3,(H,17,20). The van der Waals surface area contributed by atoms with Crippen LogP contribution in [0.3, 0.4) is 0 Å². The van der Waals surface area contributed by atoms with Gasteiger partial charge in [0.05, 0.1) is 11.2 Å². The summed E-state index contributed by atoms with van der Waals surface area (Å²) < 4.78 is 1.66. The highest BCUT2D eigenvalue weighted by atomic mass is 16.1. The van der Waals surface area contributed by atoms with E-state index in [0.717, 1.165) is 23.0 Å². The summed E-state index contributed by atoms with van der Waals surface area (Å²) >= 11 is 0. The van der Waals surface area contributed by atoms with Gasteiger partial charge in [0, 0.05) is 44.6 Å². The molecule has 1 aliphatic heterocycles. The number of aromatic nitrogens is 1. The zero-order valence-electron chi connectivity index (χ0n) is 12.3. The van der Waals surface area contributed by atoms with Gasteiger partial charge in [0.25, 0.3) is 5.56 Å². The predicted molar refractivity (Wildman–Crippen MR) is 83.6 cm³/mol. The number of anilines is 1. The first kappa shape index (κ1) is 13.7. The van der Waals surface area contributed by atoms with E-state index in [-0.39, 0.29) is 17.5 Å². The van der Waals surface area contributed by atoms with Crippen LogP contribution < -0.4 is 15.8 Å². The highest BCUT2D eigenvalue weighted by Gasteiger charge is 2.23. The fourth-order valence-electron chi connectivity index (χ4n) is 2.93. The second-order valence-corrected chi connectivity index (χ2v) is 5.55. The van der Waals surface area contributed by atoms with Crippen molar-refractivity contribution >= 4 is 22.5 Å². The lowest BCUT2D eigenvalue weighted by molar-refractivity contribution is -0.122. The topological polar surface area (TPSA) is 54.3 Å². The van der Waals surface area contributed by atoms with Crippen molar-refractivity contribution in [2.75, 3.05) is 18.5 Å². The Morgan fingerprint density at radius 3 is 2.76 bits per heavy atom. The van der Waals surface area contributed by atoms with Gasteiger partial charge in [-0.1, -0.05) is 18.2 Å². The van der Waals surface area contributed by atoms with Crippen molar-refractivity contribution in [2.45, 2.75) is 18.9 Å². The summed E-state index contributed by atoms with van der Waals surface area (Å²) in [7, 11) is 3.78. The Kier molecular flexibility index (Phi) is 3.41. The highest BCUT2D eigenvalue weighted by molar-refractivity contribution is 5.92. The second kappa shape index (κ2) is 5.24. The van der Waals surface area contributed by atoms with E-state index in [9.17, 15) is 9.59 Å². The normalized spacial score (nSPS) is 18.6. The summed E-state index contributed by atoms with van der Waals surface area (Å²) in [5, 5.41) is 3.95. The lowest BCUT2D eigenvalue weighted by atomic mass is 10.0. The molecule has 1 fully saturated rings. The van der Waals surface area contributed by atoms with Crippen LogP contribution in [0.1, 0.15) is 12.8 Å².